The number of piperidine rings is 1. The number of amides is 1. The Kier molecular flexibility index (Phi) is 7.22. The molecule has 1 amide bonds. The highest BCUT2D eigenvalue weighted by Gasteiger charge is 2.23. The van der Waals surface area contributed by atoms with Crippen molar-refractivity contribution in [1.29, 1.82) is 0 Å². The number of carbonyl (C=O) groups excluding carboxylic acids is 1. The number of para-hydroxylation sites is 1. The van der Waals surface area contributed by atoms with Crippen LogP contribution in [0.25, 0.3) is 6.08 Å². The summed E-state index contributed by atoms with van der Waals surface area (Å²) in [7, 11) is 0. The van der Waals surface area contributed by atoms with Gasteiger partial charge in [0.1, 0.15) is 17.6 Å². The molecule has 0 unspecified atom stereocenters. The summed E-state index contributed by atoms with van der Waals surface area (Å²) in [6.07, 6.45) is 5.39. The van der Waals surface area contributed by atoms with Gasteiger partial charge in [-0.3, -0.25) is 4.79 Å². The lowest BCUT2D eigenvalue weighted by atomic mass is 10.1. The minimum absolute atomic E-state index is 0.0680. The van der Waals surface area contributed by atoms with Crippen molar-refractivity contribution in [2.45, 2.75) is 32.3 Å². The van der Waals surface area contributed by atoms with E-state index in [9.17, 15) is 13.6 Å². The fourth-order valence-electron chi connectivity index (χ4n) is 3.16. The van der Waals surface area contributed by atoms with Gasteiger partial charge in [0.05, 0.1) is 6.61 Å². The van der Waals surface area contributed by atoms with Gasteiger partial charge in [-0.2, -0.15) is 0 Å². The van der Waals surface area contributed by atoms with Crippen molar-refractivity contribution in [3.63, 3.8) is 0 Å². The van der Waals surface area contributed by atoms with Gasteiger partial charge in [-0.15, -0.1) is 0 Å². The molecule has 2 aromatic carbocycles. The van der Waals surface area contributed by atoms with Gasteiger partial charge in [-0.05, 0) is 30.7 Å². The highest BCUT2D eigenvalue weighted by Crippen LogP contribution is 2.22. The molecular formula is C23H25F2NO3. The molecule has 1 aliphatic heterocycles. The predicted octanol–water partition coefficient (Wildman–Crippen LogP) is 4.84. The molecule has 0 aromatic heterocycles. The van der Waals surface area contributed by atoms with Gasteiger partial charge in [0.15, 0.2) is 11.6 Å². The Hall–Kier alpha value is -2.89. The van der Waals surface area contributed by atoms with Crippen LogP contribution < -0.4 is 9.47 Å². The van der Waals surface area contributed by atoms with Crippen molar-refractivity contribution in [3.8, 4) is 11.5 Å². The van der Waals surface area contributed by atoms with Crippen LogP contribution in [0, 0.1) is 11.6 Å². The standard InChI is InChI=1S/C23H25F2NO3/c1-2-15-28-22-6-4-3-5-17(22)7-10-23(27)26-13-11-18(12-14-26)29-19-8-9-20(24)21(25)16-19/h3-10,16,18H,2,11-15H2,1H3/b10-7+. The first kappa shape index (κ1) is 20.8. The second kappa shape index (κ2) is 10.0. The Balaban J connectivity index is 1.52. The van der Waals surface area contributed by atoms with E-state index in [4.69, 9.17) is 9.47 Å². The summed E-state index contributed by atoms with van der Waals surface area (Å²) in [5.41, 5.74) is 0.867. The molecule has 1 saturated heterocycles. The smallest absolute Gasteiger partial charge is 0.246 e. The van der Waals surface area contributed by atoms with Crippen LogP contribution in [-0.4, -0.2) is 36.6 Å². The fraction of sp³-hybridized carbons (Fsp3) is 0.348. The summed E-state index contributed by atoms with van der Waals surface area (Å²) >= 11 is 0. The zero-order valence-electron chi connectivity index (χ0n) is 16.4. The zero-order chi connectivity index (χ0) is 20.6. The Labute approximate surface area is 169 Å². The minimum Gasteiger partial charge on any atom is -0.493 e. The molecule has 0 spiro atoms. The molecule has 0 N–H and O–H groups in total. The van der Waals surface area contributed by atoms with Crippen molar-refractivity contribution in [2.24, 2.45) is 0 Å². The number of nitrogens with zero attached hydrogens (tertiary/aromatic N) is 1. The van der Waals surface area contributed by atoms with Gasteiger partial charge in [0.2, 0.25) is 5.91 Å². The van der Waals surface area contributed by atoms with Crippen molar-refractivity contribution in [2.75, 3.05) is 19.7 Å². The zero-order valence-corrected chi connectivity index (χ0v) is 16.4. The summed E-state index contributed by atoms with van der Waals surface area (Å²) in [6, 6.07) is 11.1. The monoisotopic (exact) mass is 401 g/mol. The molecular weight excluding hydrogens is 376 g/mol. The van der Waals surface area contributed by atoms with Gasteiger partial charge >= 0.3 is 0 Å². The number of ether oxygens (including phenoxy) is 2. The quantitative estimate of drug-likeness (QED) is 0.624. The molecule has 4 nitrogen and oxygen atoms in total. The average molecular weight is 401 g/mol. The fourth-order valence-corrected chi connectivity index (χ4v) is 3.16. The van der Waals surface area contributed by atoms with Crippen molar-refractivity contribution in [3.05, 3.63) is 65.7 Å². The van der Waals surface area contributed by atoms with Crippen molar-refractivity contribution >= 4 is 12.0 Å². The maximum absolute atomic E-state index is 13.3. The lowest BCUT2D eigenvalue weighted by Crippen LogP contribution is -2.41. The van der Waals surface area contributed by atoms with Crippen LogP contribution in [0.5, 0.6) is 11.5 Å². The maximum Gasteiger partial charge on any atom is 0.246 e. The van der Waals surface area contributed by atoms with E-state index in [-0.39, 0.29) is 12.0 Å². The first-order chi connectivity index (χ1) is 14.1. The van der Waals surface area contributed by atoms with Crippen LogP contribution in [0.15, 0.2) is 48.5 Å². The lowest BCUT2D eigenvalue weighted by molar-refractivity contribution is -0.127. The normalized spacial score (nSPS) is 14.9. The number of benzene rings is 2. The number of hydrogen-bond acceptors (Lipinski definition) is 3. The molecule has 0 radical (unpaired) electrons. The van der Waals surface area contributed by atoms with E-state index in [0.29, 0.717) is 38.3 Å². The van der Waals surface area contributed by atoms with E-state index in [1.54, 1.807) is 17.1 Å². The Morgan fingerprint density at radius 2 is 1.90 bits per heavy atom. The van der Waals surface area contributed by atoms with Crippen molar-refractivity contribution in [1.82, 2.24) is 4.90 Å². The molecule has 154 valence electrons. The van der Waals surface area contributed by atoms with Gasteiger partial charge in [-0.25, -0.2) is 8.78 Å². The second-order valence-electron chi connectivity index (χ2n) is 6.94. The van der Waals surface area contributed by atoms with E-state index < -0.39 is 11.6 Å². The lowest BCUT2D eigenvalue weighted by Gasteiger charge is -2.31. The molecule has 6 heteroatoms. The molecule has 0 bridgehead atoms. The summed E-state index contributed by atoms with van der Waals surface area (Å²) in [5, 5.41) is 0. The molecule has 0 atom stereocenters. The SMILES string of the molecule is CCCOc1ccccc1/C=C/C(=O)N1CCC(Oc2ccc(F)c(F)c2)CC1. The summed E-state index contributed by atoms with van der Waals surface area (Å²) in [4.78, 5) is 14.3. The first-order valence-electron chi connectivity index (χ1n) is 9.87. The Bertz CT molecular complexity index is 861. The third kappa shape index (κ3) is 5.79. The molecule has 0 aliphatic carbocycles. The van der Waals surface area contributed by atoms with Crippen molar-refractivity contribution < 1.29 is 23.0 Å². The van der Waals surface area contributed by atoms with Gasteiger partial charge in [0, 0.05) is 43.6 Å². The van der Waals surface area contributed by atoms with Crippen LogP contribution in [0.1, 0.15) is 31.7 Å². The number of rotatable bonds is 7. The molecule has 1 fully saturated rings. The highest BCUT2D eigenvalue weighted by atomic mass is 19.2. The maximum atomic E-state index is 13.3. The minimum atomic E-state index is -0.927. The van der Waals surface area contributed by atoms with E-state index in [0.717, 1.165) is 29.9 Å². The Morgan fingerprint density at radius 1 is 1.14 bits per heavy atom. The topological polar surface area (TPSA) is 38.8 Å². The van der Waals surface area contributed by atoms with Gasteiger partial charge in [0.25, 0.3) is 0 Å². The highest BCUT2D eigenvalue weighted by molar-refractivity contribution is 5.92. The van der Waals surface area contributed by atoms with Crippen LogP contribution in [0.3, 0.4) is 0 Å². The predicted molar refractivity (Wildman–Crippen MR) is 108 cm³/mol. The third-order valence-corrected chi connectivity index (χ3v) is 4.73. The summed E-state index contributed by atoms with van der Waals surface area (Å²) in [6.45, 7) is 3.77. The molecule has 3 rings (SSSR count). The number of hydrogen-bond donors (Lipinski definition) is 0. The number of likely N-dealkylation sites (tertiary alicyclic amines) is 1. The molecule has 1 aliphatic rings. The van der Waals surface area contributed by atoms with Gasteiger partial charge < -0.3 is 14.4 Å². The van der Waals surface area contributed by atoms with E-state index in [2.05, 4.69) is 0 Å². The van der Waals surface area contributed by atoms with Crippen LogP contribution in [-0.2, 0) is 4.79 Å². The number of carbonyl (C=O) groups is 1. The van der Waals surface area contributed by atoms with Crippen LogP contribution >= 0.6 is 0 Å². The molecule has 2 aromatic rings. The van der Waals surface area contributed by atoms with E-state index >= 15 is 0 Å². The number of halogens is 2. The largest absolute Gasteiger partial charge is 0.493 e. The van der Waals surface area contributed by atoms with Gasteiger partial charge in [-0.1, -0.05) is 25.1 Å². The summed E-state index contributed by atoms with van der Waals surface area (Å²) < 4.78 is 37.7. The van der Waals surface area contributed by atoms with Crippen LogP contribution in [0.4, 0.5) is 8.78 Å². The third-order valence-electron chi connectivity index (χ3n) is 4.73. The first-order valence-corrected chi connectivity index (χ1v) is 9.87. The molecule has 1 heterocycles. The second-order valence-corrected chi connectivity index (χ2v) is 6.94. The molecule has 0 saturated carbocycles. The average Bonchev–Trinajstić information content (AvgIpc) is 2.74. The van der Waals surface area contributed by atoms with E-state index in [1.807, 2.05) is 31.2 Å². The summed E-state index contributed by atoms with van der Waals surface area (Å²) in [5.74, 6) is -0.828. The van der Waals surface area contributed by atoms with Crippen LogP contribution in [0.2, 0.25) is 0 Å². The van der Waals surface area contributed by atoms with E-state index in [1.165, 1.54) is 6.07 Å². The molecule has 29 heavy (non-hydrogen) atoms. The Morgan fingerprint density at radius 3 is 2.62 bits per heavy atom.